The molecule has 0 aromatic carbocycles. The van der Waals surface area contributed by atoms with Crippen LogP contribution >= 0.6 is 0 Å². The summed E-state index contributed by atoms with van der Waals surface area (Å²) >= 11 is 0. The van der Waals surface area contributed by atoms with Gasteiger partial charge in [-0.2, -0.15) is 0 Å². The molecule has 2 rings (SSSR count). The first-order valence-corrected chi connectivity index (χ1v) is 5.91. The van der Waals surface area contributed by atoms with E-state index in [0.717, 1.165) is 24.3 Å². The van der Waals surface area contributed by atoms with Gasteiger partial charge in [0, 0.05) is 6.54 Å². The molecule has 0 atom stereocenters. The van der Waals surface area contributed by atoms with Crippen molar-refractivity contribution < 1.29 is 4.39 Å². The van der Waals surface area contributed by atoms with Crippen LogP contribution in [-0.4, -0.2) is 21.7 Å². The highest BCUT2D eigenvalue weighted by Crippen LogP contribution is 2.19. The number of hydrogen-bond donors (Lipinski definition) is 1. The van der Waals surface area contributed by atoms with Crippen molar-refractivity contribution in [2.45, 2.75) is 20.3 Å². The molecule has 4 nitrogen and oxygen atoms in total. The van der Waals surface area contributed by atoms with Crippen LogP contribution in [0.5, 0.6) is 0 Å². The Hall–Kier alpha value is -2.04. The molecule has 94 valence electrons. The van der Waals surface area contributed by atoms with Gasteiger partial charge in [-0.1, -0.05) is 6.92 Å². The van der Waals surface area contributed by atoms with Crippen molar-refractivity contribution in [3.63, 3.8) is 0 Å². The zero-order valence-corrected chi connectivity index (χ0v) is 10.4. The van der Waals surface area contributed by atoms with Crippen LogP contribution in [-0.2, 0) is 0 Å². The predicted molar refractivity (Wildman–Crippen MR) is 68.7 cm³/mol. The summed E-state index contributed by atoms with van der Waals surface area (Å²) in [4.78, 5) is 4.00. The third kappa shape index (κ3) is 2.80. The van der Waals surface area contributed by atoms with E-state index in [-0.39, 0.29) is 5.82 Å². The molecule has 0 aliphatic heterocycles. The maximum absolute atomic E-state index is 12.8. The lowest BCUT2D eigenvalue weighted by molar-refractivity contribution is 0.621. The Morgan fingerprint density at radius 3 is 2.72 bits per heavy atom. The zero-order valence-electron chi connectivity index (χ0n) is 10.4. The zero-order chi connectivity index (χ0) is 13.0. The number of anilines is 1. The van der Waals surface area contributed by atoms with Crippen LogP contribution in [0, 0.1) is 12.7 Å². The third-order valence-corrected chi connectivity index (χ3v) is 2.51. The molecule has 0 unspecified atom stereocenters. The van der Waals surface area contributed by atoms with Gasteiger partial charge >= 0.3 is 0 Å². The number of halogens is 1. The summed E-state index contributed by atoms with van der Waals surface area (Å²) in [7, 11) is 0. The fourth-order valence-electron chi connectivity index (χ4n) is 1.59. The molecule has 2 aromatic heterocycles. The third-order valence-electron chi connectivity index (χ3n) is 2.51. The number of rotatable bonds is 4. The van der Waals surface area contributed by atoms with E-state index in [1.54, 1.807) is 6.07 Å². The van der Waals surface area contributed by atoms with Crippen LogP contribution in [0.15, 0.2) is 24.4 Å². The first-order valence-electron chi connectivity index (χ1n) is 5.91. The fraction of sp³-hybridized carbons (Fsp3) is 0.308. The van der Waals surface area contributed by atoms with Gasteiger partial charge in [-0.05, 0) is 37.1 Å². The maximum atomic E-state index is 12.8. The number of nitrogens with zero attached hydrogens (tertiary/aromatic N) is 3. The lowest BCUT2D eigenvalue weighted by Crippen LogP contribution is -2.04. The minimum atomic E-state index is -0.356. The summed E-state index contributed by atoms with van der Waals surface area (Å²) in [6, 6.07) is 4.89. The van der Waals surface area contributed by atoms with Crippen LogP contribution in [0.25, 0.3) is 11.4 Å². The molecule has 0 saturated carbocycles. The first-order chi connectivity index (χ1) is 8.70. The van der Waals surface area contributed by atoms with Crippen molar-refractivity contribution in [2.24, 2.45) is 0 Å². The molecule has 0 aliphatic carbocycles. The van der Waals surface area contributed by atoms with Gasteiger partial charge in [-0.25, -0.2) is 4.39 Å². The van der Waals surface area contributed by atoms with Crippen molar-refractivity contribution >= 4 is 5.82 Å². The maximum Gasteiger partial charge on any atom is 0.148 e. The summed E-state index contributed by atoms with van der Waals surface area (Å²) in [5.74, 6) is 0.394. The first kappa shape index (κ1) is 12.4. The van der Waals surface area contributed by atoms with Gasteiger partial charge < -0.3 is 5.32 Å². The molecule has 0 amide bonds. The van der Waals surface area contributed by atoms with Crippen LogP contribution in [0.2, 0.25) is 0 Å². The molecular formula is C13H15FN4. The monoisotopic (exact) mass is 246 g/mol. The smallest absolute Gasteiger partial charge is 0.148 e. The van der Waals surface area contributed by atoms with Gasteiger partial charge in [0.1, 0.15) is 17.3 Å². The predicted octanol–water partition coefficient (Wildman–Crippen LogP) is 2.81. The quantitative estimate of drug-likeness (QED) is 0.901. The molecule has 0 fully saturated rings. The Labute approximate surface area is 105 Å². The van der Waals surface area contributed by atoms with Gasteiger partial charge in [-0.3, -0.25) is 4.98 Å². The van der Waals surface area contributed by atoms with E-state index >= 15 is 0 Å². The molecule has 2 heterocycles. The Kier molecular flexibility index (Phi) is 3.82. The summed E-state index contributed by atoms with van der Waals surface area (Å²) in [6.07, 6.45) is 2.21. The average molecular weight is 246 g/mol. The van der Waals surface area contributed by atoms with Gasteiger partial charge in [0.05, 0.1) is 11.9 Å². The van der Waals surface area contributed by atoms with Crippen molar-refractivity contribution in [1.82, 2.24) is 15.2 Å². The molecule has 0 spiro atoms. The van der Waals surface area contributed by atoms with Crippen LogP contribution in [0.3, 0.4) is 0 Å². The van der Waals surface area contributed by atoms with Crippen molar-refractivity contribution in [3.8, 4) is 11.4 Å². The van der Waals surface area contributed by atoms with Crippen LogP contribution in [0.1, 0.15) is 18.9 Å². The highest BCUT2D eigenvalue weighted by molar-refractivity contribution is 5.59. The second-order valence-corrected chi connectivity index (χ2v) is 4.05. The molecule has 0 saturated heterocycles. The standard InChI is InChI=1S/C13H15FN4/c1-3-6-15-12-7-9(2)13(18-17-12)11-5-4-10(14)8-16-11/h4-5,7-8H,3,6H2,1-2H3,(H,15,17). The van der Waals surface area contributed by atoms with E-state index in [1.165, 1.54) is 12.3 Å². The Balaban J connectivity index is 2.26. The number of aromatic nitrogens is 3. The molecule has 0 bridgehead atoms. The van der Waals surface area contributed by atoms with E-state index in [1.807, 2.05) is 13.0 Å². The molecule has 2 aromatic rings. The Morgan fingerprint density at radius 2 is 2.11 bits per heavy atom. The molecule has 5 heteroatoms. The second-order valence-electron chi connectivity index (χ2n) is 4.05. The summed E-state index contributed by atoms with van der Waals surface area (Å²) in [5, 5.41) is 11.4. The normalized spacial score (nSPS) is 10.4. The van der Waals surface area contributed by atoms with Crippen molar-refractivity contribution in [2.75, 3.05) is 11.9 Å². The van der Waals surface area contributed by atoms with Gasteiger partial charge in [0.25, 0.3) is 0 Å². The van der Waals surface area contributed by atoms with Crippen molar-refractivity contribution in [1.29, 1.82) is 0 Å². The Morgan fingerprint density at radius 1 is 1.28 bits per heavy atom. The van der Waals surface area contributed by atoms with Crippen LogP contribution in [0.4, 0.5) is 10.2 Å². The summed E-state index contributed by atoms with van der Waals surface area (Å²) < 4.78 is 12.8. The van der Waals surface area contributed by atoms with Gasteiger partial charge in [0.2, 0.25) is 0 Å². The fourth-order valence-corrected chi connectivity index (χ4v) is 1.59. The lowest BCUT2D eigenvalue weighted by Gasteiger charge is -2.07. The molecule has 0 aliphatic rings. The highest BCUT2D eigenvalue weighted by atomic mass is 19.1. The number of nitrogens with one attached hydrogen (secondary N) is 1. The molecular weight excluding hydrogens is 231 g/mol. The number of hydrogen-bond acceptors (Lipinski definition) is 4. The SMILES string of the molecule is CCCNc1cc(C)c(-c2ccc(F)cn2)nn1. The highest BCUT2D eigenvalue weighted by Gasteiger charge is 2.07. The van der Waals surface area contributed by atoms with Gasteiger partial charge in [0.15, 0.2) is 0 Å². The second kappa shape index (κ2) is 5.53. The van der Waals surface area contributed by atoms with E-state index in [0.29, 0.717) is 11.4 Å². The largest absolute Gasteiger partial charge is 0.369 e. The molecule has 0 radical (unpaired) electrons. The topological polar surface area (TPSA) is 50.7 Å². The summed E-state index contributed by atoms with van der Waals surface area (Å²) in [6.45, 7) is 4.89. The summed E-state index contributed by atoms with van der Waals surface area (Å²) in [5.41, 5.74) is 2.27. The van der Waals surface area contributed by atoms with E-state index < -0.39 is 0 Å². The lowest BCUT2D eigenvalue weighted by atomic mass is 10.1. The minimum absolute atomic E-state index is 0.356. The van der Waals surface area contributed by atoms with Gasteiger partial charge in [-0.15, -0.1) is 10.2 Å². The molecule has 1 N–H and O–H groups in total. The minimum Gasteiger partial charge on any atom is -0.369 e. The Bertz CT molecular complexity index is 525. The average Bonchev–Trinajstić information content (AvgIpc) is 2.38. The molecule has 18 heavy (non-hydrogen) atoms. The number of aryl methyl sites for hydroxylation is 1. The van der Waals surface area contributed by atoms with E-state index in [9.17, 15) is 4.39 Å². The van der Waals surface area contributed by atoms with Crippen LogP contribution < -0.4 is 5.32 Å². The van der Waals surface area contributed by atoms with E-state index in [4.69, 9.17) is 0 Å². The number of pyridine rings is 1. The van der Waals surface area contributed by atoms with E-state index in [2.05, 4.69) is 27.4 Å². The van der Waals surface area contributed by atoms with Crippen molar-refractivity contribution in [3.05, 3.63) is 35.8 Å².